The first-order chi connectivity index (χ1) is 34.8. The minimum atomic E-state index is -1.00. The molecule has 0 radical (unpaired) electrons. The van der Waals surface area contributed by atoms with Crippen molar-refractivity contribution in [2.75, 3.05) is 0 Å². The summed E-state index contributed by atoms with van der Waals surface area (Å²) in [6.07, 6.45) is 0. The third-order valence-electron chi connectivity index (χ3n) is 14.4. The molecule has 0 aliphatic carbocycles. The minimum absolute atomic E-state index is 0.190. The Morgan fingerprint density at radius 1 is 0.183 bits per heavy atom. The van der Waals surface area contributed by atoms with E-state index >= 15 is 0 Å². The molecule has 0 spiro atoms. The van der Waals surface area contributed by atoms with Crippen LogP contribution in [0.3, 0.4) is 0 Å². The van der Waals surface area contributed by atoms with Crippen molar-refractivity contribution in [2.24, 2.45) is 0 Å². The van der Waals surface area contributed by atoms with Crippen LogP contribution in [0.15, 0.2) is 224 Å². The Hall–Kier alpha value is -9.58. The summed E-state index contributed by atoms with van der Waals surface area (Å²) in [4.78, 5) is 0. The number of phenolic OH excluding ortho intramolecular Hbond substituents is 5. The molecule has 5 N–H and O–H groups in total. The van der Waals surface area contributed by atoms with Gasteiger partial charge in [-0.05, 0) is 151 Å². The van der Waals surface area contributed by atoms with Crippen LogP contribution in [0.2, 0.25) is 0 Å². The van der Waals surface area contributed by atoms with Gasteiger partial charge in [-0.2, -0.15) is 0 Å². The first-order valence-corrected chi connectivity index (χ1v) is 23.6. The van der Waals surface area contributed by atoms with Crippen molar-refractivity contribution >= 4 is 64.6 Å². The fourth-order valence-electron chi connectivity index (χ4n) is 11.1. The summed E-state index contributed by atoms with van der Waals surface area (Å²) >= 11 is 0. The van der Waals surface area contributed by atoms with Gasteiger partial charge in [0.05, 0.1) is 5.56 Å². The van der Waals surface area contributed by atoms with Gasteiger partial charge in [-0.25, -0.2) is 0 Å². The van der Waals surface area contributed by atoms with Gasteiger partial charge in [-0.3, -0.25) is 0 Å². The fourth-order valence-corrected chi connectivity index (χ4v) is 11.1. The first kappa shape index (κ1) is 41.6. The largest absolute Gasteiger partial charge is 0.504 e. The Balaban J connectivity index is 1.07. The van der Waals surface area contributed by atoms with Gasteiger partial charge in [0.1, 0.15) is 0 Å². The Morgan fingerprint density at radius 3 is 1.00 bits per heavy atom. The molecule has 0 saturated heterocycles. The lowest BCUT2D eigenvalue weighted by molar-refractivity contribution is 0.330. The third-order valence-corrected chi connectivity index (χ3v) is 14.4. The Morgan fingerprint density at radius 2 is 0.535 bits per heavy atom. The molecule has 13 aromatic carbocycles. The highest BCUT2D eigenvalue weighted by atomic mass is 16.4. The van der Waals surface area contributed by atoms with E-state index in [0.29, 0.717) is 16.3 Å². The van der Waals surface area contributed by atoms with Gasteiger partial charge in [0.2, 0.25) is 17.2 Å². The summed E-state index contributed by atoms with van der Waals surface area (Å²) in [7, 11) is 0. The number of aromatic hydroxyl groups is 5. The SMILES string of the molecule is Oc1c(O)c(O)c(-c2c3ccccc3c(-c3ccc(-c4cccc(-c5cc6ccccc6c6ccccc56)c4)c(-c4cccc(-c5cc6ccccc6c6ccccc56)c4)c3)c3ccccc23)c(O)c1O. The summed E-state index contributed by atoms with van der Waals surface area (Å²) in [5.74, 6) is -4.35. The molecule has 5 heteroatoms. The van der Waals surface area contributed by atoms with Crippen molar-refractivity contribution in [1.29, 1.82) is 0 Å². The molecule has 0 atom stereocenters. The van der Waals surface area contributed by atoms with Crippen LogP contribution in [0.4, 0.5) is 0 Å². The van der Waals surface area contributed by atoms with Crippen LogP contribution < -0.4 is 0 Å². The maximum atomic E-state index is 11.4. The number of fused-ring (bicyclic) bond motifs is 8. The van der Waals surface area contributed by atoms with Crippen LogP contribution in [-0.4, -0.2) is 25.5 Å². The van der Waals surface area contributed by atoms with Crippen molar-refractivity contribution in [3.63, 3.8) is 0 Å². The second-order valence-electron chi connectivity index (χ2n) is 18.3. The van der Waals surface area contributed by atoms with Crippen LogP contribution >= 0.6 is 0 Å². The highest BCUT2D eigenvalue weighted by molar-refractivity contribution is 6.23. The molecule has 0 saturated carbocycles. The van der Waals surface area contributed by atoms with Gasteiger partial charge in [0, 0.05) is 5.56 Å². The highest BCUT2D eigenvalue weighted by Crippen LogP contribution is 2.58. The summed E-state index contributed by atoms with van der Waals surface area (Å²) in [6.45, 7) is 0. The smallest absolute Gasteiger partial charge is 0.208 e. The third kappa shape index (κ3) is 6.55. The molecule has 13 rings (SSSR count). The van der Waals surface area contributed by atoms with E-state index in [4.69, 9.17) is 0 Å². The first-order valence-electron chi connectivity index (χ1n) is 23.6. The molecule has 0 aromatic heterocycles. The van der Waals surface area contributed by atoms with E-state index in [0.717, 1.165) is 66.4 Å². The topological polar surface area (TPSA) is 101 Å². The zero-order valence-corrected chi connectivity index (χ0v) is 38.1. The number of hydrogen-bond acceptors (Lipinski definition) is 5. The monoisotopic (exact) mass is 914 g/mol. The van der Waals surface area contributed by atoms with Gasteiger partial charge >= 0.3 is 0 Å². The van der Waals surface area contributed by atoms with Gasteiger partial charge in [0.25, 0.3) is 0 Å². The summed E-state index contributed by atoms with van der Waals surface area (Å²) in [6, 6.07) is 78.7. The molecule has 0 fully saturated rings. The van der Waals surface area contributed by atoms with Crippen LogP contribution in [-0.2, 0) is 0 Å². The summed E-state index contributed by atoms with van der Waals surface area (Å²) in [5.41, 5.74) is 10.8. The van der Waals surface area contributed by atoms with Crippen molar-refractivity contribution < 1.29 is 25.5 Å². The van der Waals surface area contributed by atoms with Crippen LogP contribution in [0, 0.1) is 0 Å². The Bertz CT molecular complexity index is 4270. The zero-order chi connectivity index (χ0) is 47.9. The standard InChI is InChI=1S/C66H42O5/c67-62-61(63(68)65(70)66(71)64(62)69)60-54-29-11-9-27-52(54)59(53-28-10-12-30-55(53)60)44-31-32-47(38-17-13-19-40(33-38)57-35-42-15-1-3-21-45(42)48-23-5-7-25-50(48)57)56(37-44)39-18-14-20-41(34-39)58-36-43-16-2-4-22-46(43)49-24-6-8-26-51(49)58/h1-37,67-71H. The molecule has 0 amide bonds. The van der Waals surface area contributed by atoms with E-state index in [2.05, 4.69) is 176 Å². The minimum Gasteiger partial charge on any atom is -0.504 e. The molecule has 13 aromatic rings. The van der Waals surface area contributed by atoms with Crippen molar-refractivity contribution in [2.45, 2.75) is 0 Å². The predicted molar refractivity (Wildman–Crippen MR) is 292 cm³/mol. The number of hydrogen-bond donors (Lipinski definition) is 5. The predicted octanol–water partition coefficient (Wildman–Crippen LogP) is 17.1. The quantitative estimate of drug-likeness (QED) is 0.0495. The van der Waals surface area contributed by atoms with Gasteiger partial charge in [-0.1, -0.05) is 194 Å². The Labute approximate surface area is 408 Å². The fraction of sp³-hybridized carbons (Fsp3) is 0. The van der Waals surface area contributed by atoms with Crippen molar-refractivity contribution in [3.8, 4) is 95.5 Å². The maximum Gasteiger partial charge on any atom is 0.208 e. The van der Waals surface area contributed by atoms with Crippen LogP contribution in [0.1, 0.15) is 0 Å². The van der Waals surface area contributed by atoms with E-state index in [1.165, 1.54) is 43.1 Å². The van der Waals surface area contributed by atoms with E-state index < -0.39 is 28.7 Å². The van der Waals surface area contributed by atoms with Gasteiger partial charge < -0.3 is 25.5 Å². The number of phenols is 5. The lowest BCUT2D eigenvalue weighted by Gasteiger charge is -2.21. The van der Waals surface area contributed by atoms with Crippen LogP contribution in [0.5, 0.6) is 28.7 Å². The van der Waals surface area contributed by atoms with Crippen molar-refractivity contribution in [1.82, 2.24) is 0 Å². The summed E-state index contributed by atoms with van der Waals surface area (Å²) in [5, 5.41) is 67.2. The zero-order valence-electron chi connectivity index (χ0n) is 38.1. The lowest BCUT2D eigenvalue weighted by Crippen LogP contribution is -1.94. The van der Waals surface area contributed by atoms with E-state index in [-0.39, 0.29) is 5.56 Å². The second kappa shape index (κ2) is 16.3. The normalized spacial score (nSPS) is 11.7. The summed E-state index contributed by atoms with van der Waals surface area (Å²) < 4.78 is 0. The molecule has 5 nitrogen and oxygen atoms in total. The number of rotatable bonds is 6. The molecule has 71 heavy (non-hydrogen) atoms. The van der Waals surface area contributed by atoms with Crippen molar-refractivity contribution in [3.05, 3.63) is 224 Å². The van der Waals surface area contributed by atoms with Crippen LogP contribution in [0.25, 0.3) is 131 Å². The molecule has 336 valence electrons. The molecule has 0 aliphatic rings. The lowest BCUT2D eigenvalue weighted by atomic mass is 9.83. The molecule has 0 unspecified atom stereocenters. The van der Waals surface area contributed by atoms with E-state index in [9.17, 15) is 25.5 Å². The number of benzene rings is 13. The molecular formula is C66H42O5. The van der Waals surface area contributed by atoms with E-state index in [1.807, 2.05) is 48.5 Å². The van der Waals surface area contributed by atoms with Gasteiger partial charge in [-0.15, -0.1) is 0 Å². The van der Waals surface area contributed by atoms with Gasteiger partial charge in [0.15, 0.2) is 11.5 Å². The average molecular weight is 915 g/mol. The average Bonchev–Trinajstić information content (AvgIpc) is 3.43. The molecule has 0 aliphatic heterocycles. The van der Waals surface area contributed by atoms with E-state index in [1.54, 1.807) is 0 Å². The second-order valence-corrected chi connectivity index (χ2v) is 18.3. The Kier molecular flexibility index (Phi) is 9.55. The highest BCUT2D eigenvalue weighted by Gasteiger charge is 2.28. The molecule has 0 heterocycles. The molecule has 0 bridgehead atoms. The maximum absolute atomic E-state index is 11.4. The molecular weight excluding hydrogens is 873 g/mol.